The number of hydrogen-bond acceptors (Lipinski definition) is 4. The Labute approximate surface area is 160 Å². The maximum absolute atomic E-state index is 12.0. The maximum atomic E-state index is 12.0. The van der Waals surface area contributed by atoms with Crippen molar-refractivity contribution in [2.24, 2.45) is 0 Å². The highest BCUT2D eigenvalue weighted by atomic mass is 35.5. The van der Waals surface area contributed by atoms with Crippen molar-refractivity contribution in [3.8, 4) is 0 Å². The van der Waals surface area contributed by atoms with E-state index in [1.54, 1.807) is 43.3 Å². The Balaban J connectivity index is 1.81. The van der Waals surface area contributed by atoms with Crippen molar-refractivity contribution >= 4 is 52.5 Å². The van der Waals surface area contributed by atoms with E-state index in [1.165, 1.54) is 11.8 Å². The van der Waals surface area contributed by atoms with Crippen LogP contribution in [0.3, 0.4) is 0 Å². The Morgan fingerprint density at radius 1 is 1.12 bits per heavy atom. The molecule has 2 aromatic rings. The van der Waals surface area contributed by atoms with E-state index in [-0.39, 0.29) is 11.9 Å². The molecule has 0 bridgehead atoms. The number of rotatable bonds is 7. The van der Waals surface area contributed by atoms with Crippen LogP contribution in [0.25, 0.3) is 0 Å². The lowest BCUT2D eigenvalue weighted by Gasteiger charge is -2.07. The number of thioether (sulfide) groups is 1. The summed E-state index contributed by atoms with van der Waals surface area (Å²) in [6.45, 7) is 2.08. The van der Waals surface area contributed by atoms with E-state index in [9.17, 15) is 9.59 Å². The molecule has 0 spiro atoms. The minimum atomic E-state index is -0.379. The van der Waals surface area contributed by atoms with E-state index in [4.69, 9.17) is 27.9 Å². The summed E-state index contributed by atoms with van der Waals surface area (Å²) in [6, 6.07) is 11.9. The van der Waals surface area contributed by atoms with Gasteiger partial charge in [-0.2, -0.15) is 0 Å². The summed E-state index contributed by atoms with van der Waals surface area (Å²) in [5, 5.41) is 3.96. The quantitative estimate of drug-likeness (QED) is 0.664. The Bertz CT molecular complexity index is 750. The van der Waals surface area contributed by atoms with Crippen LogP contribution in [0.2, 0.25) is 10.0 Å². The van der Waals surface area contributed by atoms with Crippen LogP contribution in [0.5, 0.6) is 0 Å². The summed E-state index contributed by atoms with van der Waals surface area (Å²) in [6.07, 6.45) is 0. The molecule has 0 unspecified atom stereocenters. The van der Waals surface area contributed by atoms with Gasteiger partial charge >= 0.3 is 5.97 Å². The average Bonchev–Trinajstić information content (AvgIpc) is 2.57. The van der Waals surface area contributed by atoms with Gasteiger partial charge in [-0.15, -0.1) is 11.8 Å². The molecule has 2 aromatic carbocycles. The highest BCUT2D eigenvalue weighted by Gasteiger charge is 2.08. The molecule has 2 rings (SSSR count). The zero-order valence-electron chi connectivity index (χ0n) is 13.6. The fourth-order valence-electron chi connectivity index (χ4n) is 1.99. The van der Waals surface area contributed by atoms with Gasteiger partial charge in [-0.25, -0.2) is 4.79 Å². The van der Waals surface area contributed by atoms with Crippen molar-refractivity contribution in [3.05, 3.63) is 63.6 Å². The molecule has 0 aliphatic rings. The van der Waals surface area contributed by atoms with Crippen molar-refractivity contribution in [2.75, 3.05) is 17.7 Å². The van der Waals surface area contributed by atoms with Crippen LogP contribution in [-0.4, -0.2) is 24.2 Å². The highest BCUT2D eigenvalue weighted by Crippen LogP contribution is 2.24. The van der Waals surface area contributed by atoms with Gasteiger partial charge in [-0.3, -0.25) is 4.79 Å². The van der Waals surface area contributed by atoms with E-state index in [2.05, 4.69) is 5.32 Å². The van der Waals surface area contributed by atoms with E-state index in [0.29, 0.717) is 39.4 Å². The number of nitrogens with one attached hydrogen (secondary N) is 1. The molecule has 0 aliphatic heterocycles. The monoisotopic (exact) mass is 397 g/mol. The van der Waals surface area contributed by atoms with Gasteiger partial charge in [-0.1, -0.05) is 29.3 Å². The first kappa shape index (κ1) is 19.6. The summed E-state index contributed by atoms with van der Waals surface area (Å²) in [7, 11) is 0. The third-order valence-electron chi connectivity index (χ3n) is 3.19. The lowest BCUT2D eigenvalue weighted by Crippen LogP contribution is -2.14. The molecule has 0 aromatic heterocycles. The Kier molecular flexibility index (Phi) is 7.62. The Hall–Kier alpha value is -1.69. The van der Waals surface area contributed by atoms with E-state index < -0.39 is 0 Å². The number of hydrogen-bond donors (Lipinski definition) is 1. The van der Waals surface area contributed by atoms with Crippen molar-refractivity contribution < 1.29 is 14.3 Å². The first-order chi connectivity index (χ1) is 12.0. The topological polar surface area (TPSA) is 55.4 Å². The van der Waals surface area contributed by atoms with E-state index >= 15 is 0 Å². The number of amides is 1. The summed E-state index contributed by atoms with van der Waals surface area (Å²) >= 11 is 13.4. The first-order valence-electron chi connectivity index (χ1n) is 7.58. The summed E-state index contributed by atoms with van der Waals surface area (Å²) in [4.78, 5) is 23.6. The lowest BCUT2D eigenvalue weighted by molar-refractivity contribution is -0.113. The third kappa shape index (κ3) is 6.27. The molecule has 0 heterocycles. The van der Waals surface area contributed by atoms with Crippen LogP contribution < -0.4 is 5.32 Å². The van der Waals surface area contributed by atoms with Gasteiger partial charge in [0, 0.05) is 21.5 Å². The second-order valence-electron chi connectivity index (χ2n) is 5.07. The number of esters is 1. The summed E-state index contributed by atoms with van der Waals surface area (Å²) in [5.41, 5.74) is 2.01. The van der Waals surface area contributed by atoms with Gasteiger partial charge in [-0.05, 0) is 48.9 Å². The second kappa shape index (κ2) is 9.70. The average molecular weight is 398 g/mol. The zero-order chi connectivity index (χ0) is 18.2. The molecular weight excluding hydrogens is 381 g/mol. The number of benzene rings is 2. The molecule has 132 valence electrons. The number of anilines is 1. The molecule has 1 amide bonds. The molecule has 0 aliphatic carbocycles. The van der Waals surface area contributed by atoms with E-state index in [1.807, 2.05) is 6.07 Å². The van der Waals surface area contributed by atoms with Crippen LogP contribution in [0.15, 0.2) is 42.5 Å². The Morgan fingerprint density at radius 2 is 1.84 bits per heavy atom. The second-order valence-corrected chi connectivity index (χ2v) is 6.90. The SMILES string of the molecule is CCOC(=O)c1ccc(NC(=O)CSCc2ccc(Cl)cc2Cl)cc1. The van der Waals surface area contributed by atoms with Crippen LogP contribution in [-0.2, 0) is 15.3 Å². The normalized spacial score (nSPS) is 10.4. The minimum absolute atomic E-state index is 0.126. The fourth-order valence-corrected chi connectivity index (χ4v) is 3.38. The molecule has 0 atom stereocenters. The number of carbonyl (C=O) groups is 2. The standard InChI is InChI=1S/C18H17Cl2NO3S/c1-2-24-18(23)12-4-7-15(8-5-12)21-17(22)11-25-10-13-3-6-14(19)9-16(13)20/h3-9H,2,10-11H2,1H3,(H,21,22). The van der Waals surface area contributed by atoms with Crippen LogP contribution >= 0.6 is 35.0 Å². The van der Waals surface area contributed by atoms with Gasteiger partial charge in [0.1, 0.15) is 0 Å². The molecular formula is C18H17Cl2NO3S. The molecule has 4 nitrogen and oxygen atoms in total. The summed E-state index contributed by atoms with van der Waals surface area (Å²) in [5.74, 6) is 0.402. The van der Waals surface area contributed by atoms with Crippen LogP contribution in [0.1, 0.15) is 22.8 Å². The van der Waals surface area contributed by atoms with Gasteiger partial charge in [0.05, 0.1) is 17.9 Å². The fraction of sp³-hybridized carbons (Fsp3) is 0.222. The smallest absolute Gasteiger partial charge is 0.338 e. The van der Waals surface area contributed by atoms with Crippen molar-refractivity contribution in [2.45, 2.75) is 12.7 Å². The first-order valence-corrected chi connectivity index (χ1v) is 9.49. The zero-order valence-corrected chi connectivity index (χ0v) is 15.9. The van der Waals surface area contributed by atoms with E-state index in [0.717, 1.165) is 5.56 Å². The minimum Gasteiger partial charge on any atom is -0.462 e. The van der Waals surface area contributed by atoms with Crippen molar-refractivity contribution in [3.63, 3.8) is 0 Å². The molecule has 1 N–H and O–H groups in total. The largest absolute Gasteiger partial charge is 0.462 e. The maximum Gasteiger partial charge on any atom is 0.338 e. The van der Waals surface area contributed by atoms with Gasteiger partial charge in [0.2, 0.25) is 5.91 Å². The summed E-state index contributed by atoms with van der Waals surface area (Å²) < 4.78 is 4.91. The van der Waals surface area contributed by atoms with Gasteiger partial charge in [0.25, 0.3) is 0 Å². The lowest BCUT2D eigenvalue weighted by atomic mass is 10.2. The molecule has 0 fully saturated rings. The predicted molar refractivity (Wildman–Crippen MR) is 104 cm³/mol. The molecule has 0 radical (unpaired) electrons. The highest BCUT2D eigenvalue weighted by molar-refractivity contribution is 7.99. The van der Waals surface area contributed by atoms with Crippen LogP contribution in [0, 0.1) is 0 Å². The molecule has 0 saturated heterocycles. The van der Waals surface area contributed by atoms with Crippen molar-refractivity contribution in [1.82, 2.24) is 0 Å². The number of carbonyl (C=O) groups excluding carboxylic acids is 2. The molecule has 7 heteroatoms. The predicted octanol–water partition coefficient (Wildman–Crippen LogP) is 5.04. The van der Waals surface area contributed by atoms with Gasteiger partial charge in [0.15, 0.2) is 0 Å². The third-order valence-corrected chi connectivity index (χ3v) is 4.75. The number of ether oxygens (including phenoxy) is 1. The Morgan fingerprint density at radius 3 is 2.48 bits per heavy atom. The number of halogens is 2. The molecule has 25 heavy (non-hydrogen) atoms. The van der Waals surface area contributed by atoms with Crippen LogP contribution in [0.4, 0.5) is 5.69 Å². The van der Waals surface area contributed by atoms with Gasteiger partial charge < -0.3 is 10.1 Å². The molecule has 0 saturated carbocycles. The van der Waals surface area contributed by atoms with Crippen molar-refractivity contribution in [1.29, 1.82) is 0 Å².